The van der Waals surface area contributed by atoms with Crippen molar-refractivity contribution >= 4 is 5.91 Å². The van der Waals surface area contributed by atoms with Crippen molar-refractivity contribution in [2.45, 2.75) is 18.8 Å². The van der Waals surface area contributed by atoms with Crippen LogP contribution in [0.3, 0.4) is 0 Å². The van der Waals surface area contributed by atoms with Gasteiger partial charge in [-0.15, -0.1) is 10.2 Å². The van der Waals surface area contributed by atoms with Crippen LogP contribution < -0.4 is 0 Å². The molecule has 0 aliphatic carbocycles. The topological polar surface area (TPSA) is 64.2 Å². The molecule has 3 heterocycles. The highest BCUT2D eigenvalue weighted by Gasteiger charge is 2.29. The molecule has 0 saturated carbocycles. The van der Waals surface area contributed by atoms with Crippen molar-refractivity contribution in [3.8, 4) is 11.1 Å². The Bertz CT molecular complexity index is 860. The Morgan fingerprint density at radius 1 is 1.16 bits per heavy atom. The van der Waals surface area contributed by atoms with Gasteiger partial charge in [-0.3, -0.25) is 4.79 Å². The molecule has 0 spiro atoms. The van der Waals surface area contributed by atoms with Crippen LogP contribution in [-0.4, -0.2) is 38.7 Å². The number of likely N-dealkylation sites (tertiary alicyclic amines) is 1. The van der Waals surface area contributed by atoms with E-state index in [0.29, 0.717) is 24.8 Å². The van der Waals surface area contributed by atoms with Gasteiger partial charge in [0.05, 0.1) is 6.26 Å². The first-order valence-electron chi connectivity index (χ1n) is 8.50. The highest BCUT2D eigenvalue weighted by Crippen LogP contribution is 2.30. The molecule has 25 heavy (non-hydrogen) atoms. The SMILES string of the molecule is Cn1cnnc1C1CCN(C(=O)c2occc2-c2ccccc2)CC1. The molecular formula is C19H20N4O2. The maximum absolute atomic E-state index is 12.9. The molecule has 0 N–H and O–H groups in total. The van der Waals surface area contributed by atoms with Gasteiger partial charge < -0.3 is 13.9 Å². The molecule has 0 bridgehead atoms. The number of benzene rings is 1. The molecule has 2 aromatic heterocycles. The number of carbonyl (C=O) groups excluding carboxylic acids is 1. The number of hydrogen-bond donors (Lipinski definition) is 0. The second-order valence-electron chi connectivity index (χ2n) is 6.40. The van der Waals surface area contributed by atoms with Crippen LogP contribution in [0.2, 0.25) is 0 Å². The average molecular weight is 336 g/mol. The molecule has 6 nitrogen and oxygen atoms in total. The van der Waals surface area contributed by atoms with Crippen LogP contribution in [0, 0.1) is 0 Å². The predicted molar refractivity (Wildman–Crippen MR) is 93.0 cm³/mol. The second-order valence-corrected chi connectivity index (χ2v) is 6.40. The number of furan rings is 1. The lowest BCUT2D eigenvalue weighted by atomic mass is 9.95. The fourth-order valence-corrected chi connectivity index (χ4v) is 3.47. The molecule has 128 valence electrons. The summed E-state index contributed by atoms with van der Waals surface area (Å²) < 4.78 is 7.50. The summed E-state index contributed by atoms with van der Waals surface area (Å²) in [5.41, 5.74) is 1.84. The monoisotopic (exact) mass is 336 g/mol. The molecule has 1 amide bonds. The first-order valence-corrected chi connectivity index (χ1v) is 8.50. The minimum Gasteiger partial charge on any atom is -0.459 e. The minimum atomic E-state index is -0.0414. The number of amides is 1. The lowest BCUT2D eigenvalue weighted by Gasteiger charge is -2.31. The van der Waals surface area contributed by atoms with Crippen LogP contribution in [-0.2, 0) is 7.05 Å². The van der Waals surface area contributed by atoms with E-state index in [1.54, 1.807) is 12.6 Å². The van der Waals surface area contributed by atoms with Gasteiger partial charge >= 0.3 is 0 Å². The summed E-state index contributed by atoms with van der Waals surface area (Å²) in [6, 6.07) is 11.7. The third-order valence-corrected chi connectivity index (χ3v) is 4.84. The number of aromatic nitrogens is 3. The number of aryl methyl sites for hydroxylation is 1. The molecule has 1 saturated heterocycles. The minimum absolute atomic E-state index is 0.0414. The maximum atomic E-state index is 12.9. The Labute approximate surface area is 146 Å². The Hall–Kier alpha value is -2.89. The highest BCUT2D eigenvalue weighted by molar-refractivity contribution is 5.98. The first kappa shape index (κ1) is 15.6. The van der Waals surface area contributed by atoms with Gasteiger partial charge in [-0.05, 0) is 24.5 Å². The summed E-state index contributed by atoms with van der Waals surface area (Å²) in [6.45, 7) is 1.40. The van der Waals surface area contributed by atoms with Gasteiger partial charge in [0.1, 0.15) is 12.2 Å². The Kier molecular flexibility index (Phi) is 4.09. The standard InChI is InChI=1S/C19H20N4O2/c1-22-13-20-21-18(22)15-7-10-23(11-8-15)19(24)17-16(9-12-25-17)14-5-3-2-4-6-14/h2-6,9,12-13,15H,7-8,10-11H2,1H3. The first-order chi connectivity index (χ1) is 12.2. The quantitative estimate of drug-likeness (QED) is 0.737. The van der Waals surface area contributed by atoms with Crippen molar-refractivity contribution in [1.29, 1.82) is 0 Å². The third-order valence-electron chi connectivity index (χ3n) is 4.84. The summed E-state index contributed by atoms with van der Waals surface area (Å²) in [4.78, 5) is 14.8. The Morgan fingerprint density at radius 2 is 1.92 bits per heavy atom. The summed E-state index contributed by atoms with van der Waals surface area (Å²) in [6.07, 6.45) is 5.09. The summed E-state index contributed by atoms with van der Waals surface area (Å²) in [5.74, 6) is 1.72. The number of hydrogen-bond acceptors (Lipinski definition) is 4. The fraction of sp³-hybridized carbons (Fsp3) is 0.316. The lowest BCUT2D eigenvalue weighted by Crippen LogP contribution is -2.38. The van der Waals surface area contributed by atoms with E-state index in [9.17, 15) is 4.79 Å². The number of nitrogens with zero attached hydrogens (tertiary/aromatic N) is 4. The number of carbonyl (C=O) groups is 1. The van der Waals surface area contributed by atoms with E-state index in [2.05, 4.69) is 10.2 Å². The van der Waals surface area contributed by atoms with E-state index in [4.69, 9.17) is 4.42 Å². The predicted octanol–water partition coefficient (Wildman–Crippen LogP) is 3.09. The molecule has 1 fully saturated rings. The van der Waals surface area contributed by atoms with Gasteiger partial charge in [0.2, 0.25) is 0 Å². The van der Waals surface area contributed by atoms with Crippen LogP contribution in [0.1, 0.15) is 35.1 Å². The Morgan fingerprint density at radius 3 is 2.60 bits per heavy atom. The molecule has 1 aliphatic rings. The molecule has 1 aromatic carbocycles. The van der Waals surface area contributed by atoms with Crippen LogP contribution in [0.5, 0.6) is 0 Å². The zero-order valence-corrected chi connectivity index (χ0v) is 14.1. The van der Waals surface area contributed by atoms with Gasteiger partial charge in [0, 0.05) is 31.6 Å². The fourth-order valence-electron chi connectivity index (χ4n) is 3.47. The third kappa shape index (κ3) is 2.95. The lowest BCUT2D eigenvalue weighted by molar-refractivity contribution is 0.0679. The van der Waals surface area contributed by atoms with E-state index in [1.807, 2.05) is 52.9 Å². The zero-order valence-electron chi connectivity index (χ0n) is 14.1. The van der Waals surface area contributed by atoms with E-state index in [0.717, 1.165) is 29.8 Å². The summed E-state index contributed by atoms with van der Waals surface area (Å²) in [5, 5.41) is 8.16. The highest BCUT2D eigenvalue weighted by atomic mass is 16.3. The molecule has 0 atom stereocenters. The molecule has 1 aliphatic heterocycles. The number of rotatable bonds is 3. The van der Waals surface area contributed by atoms with Crippen molar-refractivity contribution in [3.63, 3.8) is 0 Å². The second kappa shape index (κ2) is 6.55. The van der Waals surface area contributed by atoms with Crippen LogP contribution in [0.25, 0.3) is 11.1 Å². The molecule has 4 rings (SSSR count). The molecule has 0 unspecified atom stereocenters. The smallest absolute Gasteiger partial charge is 0.290 e. The van der Waals surface area contributed by atoms with Crippen molar-refractivity contribution in [1.82, 2.24) is 19.7 Å². The van der Waals surface area contributed by atoms with E-state index < -0.39 is 0 Å². The summed E-state index contributed by atoms with van der Waals surface area (Å²) in [7, 11) is 1.96. The van der Waals surface area contributed by atoms with Crippen molar-refractivity contribution in [2.75, 3.05) is 13.1 Å². The average Bonchev–Trinajstić information content (AvgIpc) is 3.31. The zero-order chi connectivity index (χ0) is 17.2. The Balaban J connectivity index is 1.49. The normalized spacial score (nSPS) is 15.5. The molecule has 6 heteroatoms. The molecular weight excluding hydrogens is 316 g/mol. The number of piperidine rings is 1. The van der Waals surface area contributed by atoms with Gasteiger partial charge in [-0.1, -0.05) is 30.3 Å². The van der Waals surface area contributed by atoms with Crippen LogP contribution >= 0.6 is 0 Å². The largest absolute Gasteiger partial charge is 0.459 e. The van der Waals surface area contributed by atoms with E-state index >= 15 is 0 Å². The summed E-state index contributed by atoms with van der Waals surface area (Å²) >= 11 is 0. The van der Waals surface area contributed by atoms with Crippen molar-refractivity contribution < 1.29 is 9.21 Å². The van der Waals surface area contributed by atoms with Gasteiger partial charge in [0.25, 0.3) is 5.91 Å². The van der Waals surface area contributed by atoms with Crippen LogP contribution in [0.15, 0.2) is 53.4 Å². The van der Waals surface area contributed by atoms with Gasteiger partial charge in [0.15, 0.2) is 5.76 Å². The van der Waals surface area contributed by atoms with E-state index in [-0.39, 0.29) is 5.91 Å². The maximum Gasteiger partial charge on any atom is 0.290 e. The molecule has 0 radical (unpaired) electrons. The van der Waals surface area contributed by atoms with Crippen LogP contribution in [0.4, 0.5) is 0 Å². The van der Waals surface area contributed by atoms with Gasteiger partial charge in [-0.2, -0.15) is 0 Å². The van der Waals surface area contributed by atoms with Gasteiger partial charge in [-0.25, -0.2) is 0 Å². The van der Waals surface area contributed by atoms with E-state index in [1.165, 1.54) is 0 Å². The molecule has 3 aromatic rings. The van der Waals surface area contributed by atoms with Crippen molar-refractivity contribution in [2.24, 2.45) is 7.05 Å². The van der Waals surface area contributed by atoms with Crippen molar-refractivity contribution in [3.05, 3.63) is 60.6 Å².